The first-order chi connectivity index (χ1) is 8.19. The van der Waals surface area contributed by atoms with Crippen LogP contribution in [-0.4, -0.2) is 23.1 Å². The predicted octanol–water partition coefficient (Wildman–Crippen LogP) is 2.09. The van der Waals surface area contributed by atoms with Gasteiger partial charge in [-0.1, -0.05) is 19.8 Å². The summed E-state index contributed by atoms with van der Waals surface area (Å²) in [4.78, 5) is 20.7. The van der Waals surface area contributed by atoms with Crippen LogP contribution in [0.5, 0.6) is 0 Å². The van der Waals surface area contributed by atoms with E-state index in [0.29, 0.717) is 5.82 Å². The van der Waals surface area contributed by atoms with Gasteiger partial charge in [0.1, 0.15) is 11.6 Å². The monoisotopic (exact) mass is 235 g/mol. The van der Waals surface area contributed by atoms with Gasteiger partial charge in [0, 0.05) is 19.2 Å². The highest BCUT2D eigenvalue weighted by molar-refractivity contribution is 5.37. The Morgan fingerprint density at radius 3 is 2.76 bits per heavy atom. The molecule has 0 aromatic carbocycles. The zero-order chi connectivity index (χ0) is 12.3. The third kappa shape index (κ3) is 3.08. The van der Waals surface area contributed by atoms with Crippen molar-refractivity contribution in [3.05, 3.63) is 22.2 Å². The number of rotatable bonds is 3. The molecule has 4 heteroatoms. The number of nitrogens with one attached hydrogen (secondary N) is 1. The molecule has 1 fully saturated rings. The van der Waals surface area contributed by atoms with Crippen molar-refractivity contribution < 1.29 is 0 Å². The van der Waals surface area contributed by atoms with Crippen molar-refractivity contribution in [2.75, 3.05) is 18.0 Å². The molecule has 1 aromatic heterocycles. The molecule has 0 aliphatic carbocycles. The van der Waals surface area contributed by atoms with Gasteiger partial charge in [-0.05, 0) is 25.7 Å². The summed E-state index contributed by atoms with van der Waals surface area (Å²) >= 11 is 0. The zero-order valence-electron chi connectivity index (χ0n) is 10.7. The van der Waals surface area contributed by atoms with E-state index in [2.05, 4.69) is 21.8 Å². The van der Waals surface area contributed by atoms with Gasteiger partial charge in [-0.25, -0.2) is 4.98 Å². The van der Waals surface area contributed by atoms with E-state index in [1.165, 1.54) is 25.7 Å². The van der Waals surface area contributed by atoms with Gasteiger partial charge in [-0.3, -0.25) is 4.79 Å². The maximum absolute atomic E-state index is 11.4. The van der Waals surface area contributed by atoms with E-state index in [0.717, 1.165) is 24.8 Å². The first-order valence-corrected chi connectivity index (χ1v) is 6.52. The summed E-state index contributed by atoms with van der Waals surface area (Å²) in [7, 11) is 0. The molecular formula is C13H21N3O. The Morgan fingerprint density at radius 2 is 2.18 bits per heavy atom. The minimum Gasteiger partial charge on any atom is -0.356 e. The molecule has 0 saturated carbocycles. The summed E-state index contributed by atoms with van der Waals surface area (Å²) in [5.41, 5.74) is -0.0526. The zero-order valence-corrected chi connectivity index (χ0v) is 10.7. The number of piperidine rings is 1. The number of aromatic nitrogens is 2. The smallest absolute Gasteiger partial charge is 0.252 e. The lowest BCUT2D eigenvalue weighted by atomic mass is 9.92. The summed E-state index contributed by atoms with van der Waals surface area (Å²) in [5.74, 6) is 2.39. The normalized spacial score (nSPS) is 17.4. The molecule has 2 heterocycles. The highest BCUT2D eigenvalue weighted by Crippen LogP contribution is 2.24. The first-order valence-electron chi connectivity index (χ1n) is 6.52. The highest BCUT2D eigenvalue weighted by atomic mass is 16.1. The topological polar surface area (TPSA) is 49.0 Å². The number of aromatic amines is 1. The summed E-state index contributed by atoms with van der Waals surface area (Å²) in [6.07, 6.45) is 5.05. The summed E-state index contributed by atoms with van der Waals surface area (Å²) < 4.78 is 0. The number of hydrogen-bond acceptors (Lipinski definition) is 3. The third-order valence-electron chi connectivity index (χ3n) is 3.48. The number of H-pyrrole nitrogens is 1. The van der Waals surface area contributed by atoms with E-state index in [-0.39, 0.29) is 5.56 Å². The van der Waals surface area contributed by atoms with Crippen LogP contribution >= 0.6 is 0 Å². The molecular weight excluding hydrogens is 214 g/mol. The van der Waals surface area contributed by atoms with E-state index in [4.69, 9.17) is 0 Å². The Bertz CT molecular complexity index is 419. The Kier molecular flexibility index (Phi) is 3.82. The molecule has 17 heavy (non-hydrogen) atoms. The molecule has 0 radical (unpaired) electrons. The lowest BCUT2D eigenvalue weighted by molar-refractivity contribution is 0.377. The number of aryl methyl sites for hydroxylation is 1. The minimum atomic E-state index is -0.0526. The van der Waals surface area contributed by atoms with Crippen molar-refractivity contribution in [2.45, 2.75) is 39.5 Å². The van der Waals surface area contributed by atoms with Crippen molar-refractivity contribution in [1.82, 2.24) is 9.97 Å². The first kappa shape index (κ1) is 12.1. The second-order valence-corrected chi connectivity index (χ2v) is 4.91. The van der Waals surface area contributed by atoms with Crippen molar-refractivity contribution >= 4 is 5.82 Å². The van der Waals surface area contributed by atoms with Gasteiger partial charge in [0.25, 0.3) is 5.56 Å². The average molecular weight is 235 g/mol. The molecule has 0 atom stereocenters. The van der Waals surface area contributed by atoms with E-state index in [1.54, 1.807) is 6.07 Å². The van der Waals surface area contributed by atoms with Gasteiger partial charge in [0.15, 0.2) is 0 Å². The fraction of sp³-hybridized carbons (Fsp3) is 0.692. The number of nitrogens with zero attached hydrogens (tertiary/aromatic N) is 2. The quantitative estimate of drug-likeness (QED) is 0.872. The van der Waals surface area contributed by atoms with Crippen LogP contribution in [0.2, 0.25) is 0 Å². The summed E-state index contributed by atoms with van der Waals surface area (Å²) in [5, 5.41) is 0. The van der Waals surface area contributed by atoms with Crippen LogP contribution in [0.25, 0.3) is 0 Å². The summed E-state index contributed by atoms with van der Waals surface area (Å²) in [6, 6.07) is 1.60. The van der Waals surface area contributed by atoms with Crippen LogP contribution in [0.3, 0.4) is 0 Å². The third-order valence-corrected chi connectivity index (χ3v) is 3.48. The lowest BCUT2D eigenvalue weighted by Crippen LogP contribution is -2.35. The molecule has 94 valence electrons. The van der Waals surface area contributed by atoms with Gasteiger partial charge in [0.05, 0.1) is 0 Å². The van der Waals surface area contributed by atoms with Crippen LogP contribution in [0.15, 0.2) is 10.9 Å². The fourth-order valence-corrected chi connectivity index (χ4v) is 2.58. The van der Waals surface area contributed by atoms with Crippen molar-refractivity contribution in [3.63, 3.8) is 0 Å². The van der Waals surface area contributed by atoms with Gasteiger partial charge in [-0.15, -0.1) is 0 Å². The Labute approximate surface area is 102 Å². The van der Waals surface area contributed by atoms with Crippen LogP contribution < -0.4 is 10.5 Å². The van der Waals surface area contributed by atoms with Crippen LogP contribution in [0.1, 0.15) is 38.4 Å². The summed E-state index contributed by atoms with van der Waals surface area (Å²) in [6.45, 7) is 6.13. The van der Waals surface area contributed by atoms with E-state index in [9.17, 15) is 4.79 Å². The number of anilines is 1. The van der Waals surface area contributed by atoms with Crippen LogP contribution in [0.4, 0.5) is 5.82 Å². The van der Waals surface area contributed by atoms with E-state index < -0.39 is 0 Å². The lowest BCUT2D eigenvalue weighted by Gasteiger charge is -2.32. The van der Waals surface area contributed by atoms with Crippen LogP contribution in [-0.2, 0) is 0 Å². The molecule has 1 N–H and O–H groups in total. The molecule has 1 saturated heterocycles. The maximum Gasteiger partial charge on any atom is 0.252 e. The molecule has 0 amide bonds. The van der Waals surface area contributed by atoms with Gasteiger partial charge in [0.2, 0.25) is 0 Å². The molecule has 0 bridgehead atoms. The Balaban J connectivity index is 2.02. The standard InChI is InChI=1S/C13H21N3O/c1-3-4-11-5-7-16(8-6-11)12-9-13(17)15-10(2)14-12/h9,11H,3-8H2,1-2H3,(H,14,15,17). The van der Waals surface area contributed by atoms with E-state index in [1.807, 2.05) is 6.92 Å². The van der Waals surface area contributed by atoms with Gasteiger partial charge >= 0.3 is 0 Å². The molecule has 0 unspecified atom stereocenters. The molecule has 1 aliphatic rings. The molecule has 1 aliphatic heterocycles. The molecule has 2 rings (SSSR count). The molecule has 0 spiro atoms. The SMILES string of the molecule is CCCC1CCN(c2cc(=O)[nH]c(C)n2)CC1. The Morgan fingerprint density at radius 1 is 1.47 bits per heavy atom. The molecule has 4 nitrogen and oxygen atoms in total. The van der Waals surface area contributed by atoms with Gasteiger partial charge in [-0.2, -0.15) is 0 Å². The minimum absolute atomic E-state index is 0.0526. The predicted molar refractivity (Wildman–Crippen MR) is 69.4 cm³/mol. The van der Waals surface area contributed by atoms with Crippen molar-refractivity contribution in [1.29, 1.82) is 0 Å². The average Bonchev–Trinajstić information content (AvgIpc) is 2.29. The van der Waals surface area contributed by atoms with E-state index >= 15 is 0 Å². The van der Waals surface area contributed by atoms with Crippen LogP contribution in [0, 0.1) is 12.8 Å². The van der Waals surface area contributed by atoms with Crippen molar-refractivity contribution in [3.8, 4) is 0 Å². The Hall–Kier alpha value is -1.32. The second-order valence-electron chi connectivity index (χ2n) is 4.91. The number of hydrogen-bond donors (Lipinski definition) is 1. The maximum atomic E-state index is 11.4. The second kappa shape index (κ2) is 5.34. The fourth-order valence-electron chi connectivity index (χ4n) is 2.58. The largest absolute Gasteiger partial charge is 0.356 e. The molecule has 1 aromatic rings. The van der Waals surface area contributed by atoms with Gasteiger partial charge < -0.3 is 9.88 Å². The van der Waals surface area contributed by atoms with Crippen molar-refractivity contribution in [2.24, 2.45) is 5.92 Å². The highest BCUT2D eigenvalue weighted by Gasteiger charge is 2.19.